The van der Waals surface area contributed by atoms with Crippen molar-refractivity contribution in [3.8, 4) is 0 Å². The summed E-state index contributed by atoms with van der Waals surface area (Å²) >= 11 is 0. The molecule has 2 aromatic carbocycles. The molecule has 3 aromatic heterocycles. The van der Waals surface area contributed by atoms with Gasteiger partial charge in [0, 0.05) is 12.7 Å². The first kappa shape index (κ1) is 23.7. The monoisotopic (exact) mass is 544 g/mol. The van der Waals surface area contributed by atoms with E-state index in [1.807, 2.05) is 66.9 Å². The number of benzene rings is 2. The van der Waals surface area contributed by atoms with Gasteiger partial charge in [0.05, 0.1) is 27.8 Å². The summed E-state index contributed by atoms with van der Waals surface area (Å²) in [5.74, 6) is 1.78. The highest BCUT2D eigenvalue weighted by atomic mass is 15.6. The zero-order valence-corrected chi connectivity index (χ0v) is 22.2. The molecule has 1 fully saturated rings. The lowest BCUT2D eigenvalue weighted by Gasteiger charge is -2.39. The lowest BCUT2D eigenvalue weighted by molar-refractivity contribution is 0.246. The molecule has 8 N–H and O–H groups in total. The normalized spacial score (nSPS) is 25.0. The van der Waals surface area contributed by atoms with Crippen LogP contribution < -0.4 is 31.9 Å². The van der Waals surface area contributed by atoms with E-state index in [1.54, 1.807) is 6.20 Å². The number of nitrogens with zero attached hydrogens (tertiary/aromatic N) is 4. The number of aromatic amines is 2. The number of dihydropyridines is 1. The fourth-order valence-corrected chi connectivity index (χ4v) is 5.90. The van der Waals surface area contributed by atoms with Crippen LogP contribution in [0.25, 0.3) is 22.1 Å². The number of guanidine groups is 1. The van der Waals surface area contributed by atoms with Crippen molar-refractivity contribution in [3.63, 3.8) is 0 Å². The van der Waals surface area contributed by atoms with Gasteiger partial charge < -0.3 is 25.9 Å². The molecule has 3 atom stereocenters. The van der Waals surface area contributed by atoms with Crippen LogP contribution in [-0.4, -0.2) is 49.4 Å². The van der Waals surface area contributed by atoms with E-state index in [1.165, 1.54) is 0 Å². The van der Waals surface area contributed by atoms with Crippen LogP contribution in [0.2, 0.25) is 0 Å². The Kier molecular flexibility index (Phi) is 5.14. The van der Waals surface area contributed by atoms with Crippen molar-refractivity contribution in [2.45, 2.75) is 24.5 Å². The van der Waals surface area contributed by atoms with Gasteiger partial charge in [-0.15, -0.1) is 0 Å². The van der Waals surface area contributed by atoms with Crippen LogP contribution in [0.4, 0.5) is 11.9 Å². The Balaban J connectivity index is 1.21. The van der Waals surface area contributed by atoms with Crippen LogP contribution in [0.3, 0.4) is 0 Å². The first-order valence-electron chi connectivity index (χ1n) is 13.5. The molecule has 0 aliphatic carbocycles. The van der Waals surface area contributed by atoms with E-state index in [-0.39, 0.29) is 0 Å². The second-order valence-electron chi connectivity index (χ2n) is 10.4. The number of rotatable bonds is 5. The van der Waals surface area contributed by atoms with Gasteiger partial charge in [-0.05, 0) is 66.7 Å². The van der Waals surface area contributed by atoms with Crippen molar-refractivity contribution < 1.29 is 0 Å². The van der Waals surface area contributed by atoms with Gasteiger partial charge in [0.15, 0.2) is 11.3 Å². The summed E-state index contributed by atoms with van der Waals surface area (Å²) in [6.45, 7) is 2.66. The number of hydrogen-bond donors (Lipinski definition) is 8. The van der Waals surface area contributed by atoms with Crippen molar-refractivity contribution in [3.05, 3.63) is 102 Å². The molecule has 12 heteroatoms. The van der Waals surface area contributed by atoms with E-state index in [9.17, 15) is 0 Å². The maximum atomic E-state index is 5.28. The van der Waals surface area contributed by atoms with Gasteiger partial charge in [-0.25, -0.2) is 15.0 Å². The highest BCUT2D eigenvalue weighted by Crippen LogP contribution is 2.44. The van der Waals surface area contributed by atoms with E-state index in [0.717, 1.165) is 38.9 Å². The molecule has 12 nitrogen and oxygen atoms in total. The molecule has 204 valence electrons. The zero-order valence-electron chi connectivity index (χ0n) is 22.2. The molecule has 3 aliphatic heterocycles. The predicted octanol–water partition coefficient (Wildman–Crippen LogP) is 2.69. The minimum absolute atomic E-state index is 0.420. The van der Waals surface area contributed by atoms with Crippen molar-refractivity contribution in [2.24, 2.45) is 4.99 Å². The summed E-state index contributed by atoms with van der Waals surface area (Å²) in [4.78, 5) is 26.2. The third-order valence-corrected chi connectivity index (χ3v) is 7.70. The van der Waals surface area contributed by atoms with Gasteiger partial charge in [-0.1, -0.05) is 30.3 Å². The number of nitrogens with one attached hydrogen (secondary N) is 8. The third-order valence-electron chi connectivity index (χ3n) is 7.70. The largest absolute Gasteiger partial charge is 0.387 e. The summed E-state index contributed by atoms with van der Waals surface area (Å²) in [7, 11) is 0. The van der Waals surface area contributed by atoms with Gasteiger partial charge in [-0.2, -0.15) is 0 Å². The third kappa shape index (κ3) is 3.76. The number of anilines is 2. The number of aliphatic imine (C=N–C) groups is 1. The predicted molar refractivity (Wildman–Crippen MR) is 159 cm³/mol. The van der Waals surface area contributed by atoms with Crippen molar-refractivity contribution in [1.82, 2.24) is 46.2 Å². The molecule has 0 amide bonds. The smallest absolute Gasteiger partial charge is 0.208 e. The first-order chi connectivity index (χ1) is 20.1. The average Bonchev–Trinajstić information content (AvgIpc) is 3.73. The van der Waals surface area contributed by atoms with E-state index in [2.05, 4.69) is 60.9 Å². The number of para-hydroxylation sites is 2. The van der Waals surface area contributed by atoms with Gasteiger partial charge in [0.25, 0.3) is 0 Å². The van der Waals surface area contributed by atoms with Crippen molar-refractivity contribution in [1.29, 1.82) is 0 Å². The SMILES string of the molecule is Cc1ccc2nc(NC3=N[C@]4(C5=CC=CNC5)NC(Nc5nc6ccccc6[nH]5)N[C@]4(c4ccccn4)N3)[nH]c2c1. The molecule has 1 saturated heterocycles. The Morgan fingerprint density at radius 3 is 2.61 bits per heavy atom. The molecule has 41 heavy (non-hydrogen) atoms. The zero-order chi connectivity index (χ0) is 27.4. The Morgan fingerprint density at radius 1 is 0.902 bits per heavy atom. The van der Waals surface area contributed by atoms with Gasteiger partial charge in [0.2, 0.25) is 17.9 Å². The van der Waals surface area contributed by atoms with Crippen molar-refractivity contribution >= 4 is 39.9 Å². The summed E-state index contributed by atoms with van der Waals surface area (Å²) < 4.78 is 0. The number of aromatic nitrogens is 5. The fraction of sp³-hybridized carbons (Fsp3) is 0.172. The second-order valence-corrected chi connectivity index (χ2v) is 10.4. The number of hydrogen-bond acceptors (Lipinski definition) is 10. The number of allylic oxidation sites excluding steroid dienone is 2. The fourth-order valence-electron chi connectivity index (χ4n) is 5.90. The first-order valence-corrected chi connectivity index (χ1v) is 13.5. The molecule has 8 rings (SSSR count). The average molecular weight is 545 g/mol. The van der Waals surface area contributed by atoms with Crippen LogP contribution in [0, 0.1) is 6.92 Å². The summed E-state index contributed by atoms with van der Waals surface area (Å²) in [6.07, 6.45) is 7.37. The Morgan fingerprint density at radius 2 is 1.76 bits per heavy atom. The van der Waals surface area contributed by atoms with E-state index in [4.69, 9.17) is 19.9 Å². The molecule has 0 spiro atoms. The molecule has 0 radical (unpaired) electrons. The number of pyridine rings is 1. The standard InChI is InChI=1S/C29H28N12/c1-17-11-12-21-22(15-17)35-25(34-21)37-27-39-28(18-7-6-13-30-16-18)29(41-27,23-10-4-5-14-31-23)40-26(38-28)36-24-32-19-8-2-3-9-20(19)33-24/h2-15,26,30,38,40H,16H2,1H3,(H2,32,33,36)(H3,34,35,37,39,41)/t26?,28-,29+/m0/s1. The van der Waals surface area contributed by atoms with Crippen LogP contribution in [0.1, 0.15) is 11.3 Å². The lowest BCUT2D eigenvalue weighted by Crippen LogP contribution is -2.63. The Bertz CT molecular complexity index is 1840. The highest BCUT2D eigenvalue weighted by Gasteiger charge is 2.66. The van der Waals surface area contributed by atoms with Crippen LogP contribution >= 0.6 is 0 Å². The molecule has 0 bridgehead atoms. The molecule has 5 aromatic rings. The number of aryl methyl sites for hydroxylation is 1. The van der Waals surface area contributed by atoms with Crippen LogP contribution in [-0.2, 0) is 5.66 Å². The maximum absolute atomic E-state index is 5.28. The molecule has 6 heterocycles. The van der Waals surface area contributed by atoms with E-state index in [0.29, 0.717) is 24.4 Å². The number of fused-ring (bicyclic) bond motifs is 3. The quantitative estimate of drug-likeness (QED) is 0.167. The lowest BCUT2D eigenvalue weighted by atomic mass is 9.84. The second kappa shape index (κ2) is 8.91. The minimum atomic E-state index is -0.965. The molecule has 0 saturated carbocycles. The van der Waals surface area contributed by atoms with Crippen LogP contribution in [0.15, 0.2) is 95.8 Å². The minimum Gasteiger partial charge on any atom is -0.387 e. The van der Waals surface area contributed by atoms with Crippen molar-refractivity contribution in [2.75, 3.05) is 17.2 Å². The molecule has 3 aliphatic rings. The summed E-state index contributed by atoms with van der Waals surface area (Å²) in [5.41, 5.74) is 4.71. The number of H-pyrrole nitrogens is 2. The number of imidazole rings is 2. The summed E-state index contributed by atoms with van der Waals surface area (Å²) in [5, 5.41) is 21.3. The highest BCUT2D eigenvalue weighted by molar-refractivity contribution is 5.97. The van der Waals surface area contributed by atoms with Gasteiger partial charge in [-0.3, -0.25) is 20.9 Å². The maximum Gasteiger partial charge on any atom is 0.208 e. The van der Waals surface area contributed by atoms with E-state index >= 15 is 0 Å². The van der Waals surface area contributed by atoms with Gasteiger partial charge >= 0.3 is 0 Å². The van der Waals surface area contributed by atoms with E-state index < -0.39 is 17.6 Å². The topological polar surface area (TPSA) is 155 Å². The molecular weight excluding hydrogens is 516 g/mol. The summed E-state index contributed by atoms with van der Waals surface area (Å²) in [6, 6.07) is 19.9. The molecule has 1 unspecified atom stereocenters. The van der Waals surface area contributed by atoms with Crippen LogP contribution in [0.5, 0.6) is 0 Å². The Hall–Kier alpha value is -5.20. The Labute approximate surface area is 234 Å². The molecular formula is C29H28N12. The van der Waals surface area contributed by atoms with Gasteiger partial charge in [0.1, 0.15) is 6.29 Å².